The first-order chi connectivity index (χ1) is 22.0. The molecule has 228 valence electrons. The molecular weight excluding hydrogens is 556 g/mol. The second kappa shape index (κ2) is 13.3. The van der Waals surface area contributed by atoms with Gasteiger partial charge in [-0.15, -0.1) is 0 Å². The lowest BCUT2D eigenvalue weighted by Crippen LogP contribution is -2.41. The molecule has 8 heteroatoms. The van der Waals surface area contributed by atoms with Gasteiger partial charge < -0.3 is 15.2 Å². The minimum Gasteiger partial charge on any atom is -0.364 e. The highest BCUT2D eigenvalue weighted by Gasteiger charge is 2.36. The highest BCUT2D eigenvalue weighted by Crippen LogP contribution is 2.37. The summed E-state index contributed by atoms with van der Waals surface area (Å²) in [6.45, 7) is 8.40. The molecule has 4 aliphatic rings. The van der Waals surface area contributed by atoms with E-state index in [1.54, 1.807) is 7.05 Å². The minimum atomic E-state index is -0.132. The molecule has 0 bridgehead atoms. The Morgan fingerprint density at radius 2 is 1.87 bits per heavy atom. The Morgan fingerprint density at radius 1 is 1.07 bits per heavy atom. The zero-order valence-electron chi connectivity index (χ0n) is 26.5. The molecule has 3 heterocycles. The molecule has 8 nitrogen and oxygen atoms in total. The number of aromatic nitrogens is 1. The van der Waals surface area contributed by atoms with Crippen LogP contribution in [0.25, 0.3) is 6.08 Å². The predicted molar refractivity (Wildman–Crippen MR) is 190 cm³/mol. The van der Waals surface area contributed by atoms with E-state index in [1.165, 1.54) is 11.1 Å². The van der Waals surface area contributed by atoms with E-state index in [-0.39, 0.29) is 6.17 Å². The Kier molecular flexibility index (Phi) is 8.82. The molecule has 6 rings (SSSR count). The van der Waals surface area contributed by atoms with Crippen molar-refractivity contribution in [3.8, 4) is 0 Å². The van der Waals surface area contributed by atoms with Crippen LogP contribution in [0.4, 0.5) is 11.6 Å². The third-order valence-electron chi connectivity index (χ3n) is 8.53. The van der Waals surface area contributed by atoms with Crippen molar-refractivity contribution >= 4 is 47.6 Å². The zero-order chi connectivity index (χ0) is 31.3. The van der Waals surface area contributed by atoms with Crippen LogP contribution in [0.5, 0.6) is 0 Å². The van der Waals surface area contributed by atoms with E-state index in [4.69, 9.17) is 15.0 Å². The second-order valence-electron chi connectivity index (χ2n) is 11.4. The van der Waals surface area contributed by atoms with Gasteiger partial charge in [0.2, 0.25) is 0 Å². The molecule has 0 fully saturated rings. The SMILES string of the molecule is C=Nc1cc(/C=C\C=C/C)c(/N=C2/C3=C(CCC=C3)C(/N=C3\CN/C(=N\C(=N\C)c4ccccc4C)C4=C3CCC=C4)N2C)[nH]1. The van der Waals surface area contributed by atoms with Gasteiger partial charge in [0.05, 0.1) is 12.3 Å². The third kappa shape index (κ3) is 6.00. The standard InChI is InChI=1S/C37H40N8/c1-6-7-8-16-25-22-32(38-3)42-33(25)44-37-30-21-14-13-20-29(30)36(45(37)5)41-31-23-40-35(28-19-12-11-18-27(28)31)43-34(39-4)26-17-10-9-15-24(26)2/h6-10,12,14-17,19,21-22,36,42H,3,11,13,18,20,23H2,1-2,4-5H3,(H,39,40,43)/b7-6-,16-8-,41-31+,44-37-. The highest BCUT2D eigenvalue weighted by molar-refractivity contribution is 6.21. The number of aryl methyl sites for hydroxylation is 1. The maximum atomic E-state index is 5.46. The van der Waals surface area contributed by atoms with Gasteiger partial charge in [0.1, 0.15) is 29.5 Å². The van der Waals surface area contributed by atoms with Gasteiger partial charge in [-0.25, -0.2) is 15.0 Å². The minimum absolute atomic E-state index is 0.132. The number of rotatable bonds is 6. The molecule has 0 saturated heterocycles. The van der Waals surface area contributed by atoms with E-state index in [9.17, 15) is 0 Å². The molecule has 0 spiro atoms. The number of nitrogens with zero attached hydrogens (tertiary/aromatic N) is 6. The van der Waals surface area contributed by atoms with E-state index in [1.807, 2.05) is 49.4 Å². The average molecular weight is 597 g/mol. The number of amidine groups is 3. The molecule has 1 unspecified atom stereocenters. The molecule has 45 heavy (non-hydrogen) atoms. The summed E-state index contributed by atoms with van der Waals surface area (Å²) in [4.78, 5) is 29.8. The van der Waals surface area contributed by atoms with E-state index in [2.05, 4.69) is 82.3 Å². The van der Waals surface area contributed by atoms with E-state index < -0.39 is 0 Å². The lowest BCUT2D eigenvalue weighted by Gasteiger charge is -2.29. The van der Waals surface area contributed by atoms with Gasteiger partial charge in [-0.1, -0.05) is 72.9 Å². The number of H-pyrrole nitrogens is 1. The smallest absolute Gasteiger partial charge is 0.156 e. The second-order valence-corrected chi connectivity index (χ2v) is 11.4. The Hall–Kier alpha value is -5.11. The van der Waals surface area contributed by atoms with Crippen LogP contribution in [-0.2, 0) is 0 Å². The first-order valence-electron chi connectivity index (χ1n) is 15.6. The lowest BCUT2D eigenvalue weighted by molar-refractivity contribution is 0.432. The Labute approximate surface area is 265 Å². The summed E-state index contributed by atoms with van der Waals surface area (Å²) in [5.74, 6) is 3.92. The Bertz CT molecular complexity index is 1820. The molecule has 2 aliphatic heterocycles. The fraction of sp³-hybridized carbons (Fsp3) is 0.270. The fourth-order valence-electron chi connectivity index (χ4n) is 6.22. The molecule has 0 radical (unpaired) electrons. The van der Waals surface area contributed by atoms with Crippen LogP contribution < -0.4 is 5.32 Å². The number of hydrogen-bond acceptors (Lipinski definition) is 4. The first-order valence-corrected chi connectivity index (χ1v) is 15.6. The summed E-state index contributed by atoms with van der Waals surface area (Å²) in [5.41, 5.74) is 9.03. The summed E-state index contributed by atoms with van der Waals surface area (Å²) in [6.07, 6.45) is 20.6. The van der Waals surface area contributed by atoms with E-state index in [0.717, 1.165) is 82.6 Å². The number of benzene rings is 1. The van der Waals surface area contributed by atoms with Crippen LogP contribution >= 0.6 is 0 Å². The van der Waals surface area contributed by atoms with Gasteiger partial charge in [-0.05, 0) is 69.0 Å². The van der Waals surface area contributed by atoms with Crippen molar-refractivity contribution in [2.24, 2.45) is 25.0 Å². The molecule has 0 amide bonds. The summed E-state index contributed by atoms with van der Waals surface area (Å²) >= 11 is 0. The maximum Gasteiger partial charge on any atom is 0.156 e. The van der Waals surface area contributed by atoms with Crippen molar-refractivity contribution < 1.29 is 0 Å². The summed E-state index contributed by atoms with van der Waals surface area (Å²) in [6, 6.07) is 10.2. The van der Waals surface area contributed by atoms with Gasteiger partial charge in [0.15, 0.2) is 5.84 Å². The molecule has 2 aliphatic carbocycles. The van der Waals surface area contributed by atoms with Crippen LogP contribution in [0.15, 0.2) is 120 Å². The molecule has 0 saturated carbocycles. The van der Waals surface area contributed by atoms with Gasteiger partial charge in [-0.2, -0.15) is 0 Å². The van der Waals surface area contributed by atoms with Crippen molar-refractivity contribution in [3.63, 3.8) is 0 Å². The Balaban J connectivity index is 1.38. The van der Waals surface area contributed by atoms with Crippen molar-refractivity contribution in [1.29, 1.82) is 0 Å². The fourth-order valence-corrected chi connectivity index (χ4v) is 6.22. The molecule has 2 aromatic rings. The van der Waals surface area contributed by atoms with Crippen LogP contribution in [0.2, 0.25) is 0 Å². The third-order valence-corrected chi connectivity index (χ3v) is 8.53. The number of nitrogens with one attached hydrogen (secondary N) is 2. The summed E-state index contributed by atoms with van der Waals surface area (Å²) in [7, 11) is 3.89. The first kappa shape index (κ1) is 29.9. The van der Waals surface area contributed by atoms with Crippen molar-refractivity contribution in [1.82, 2.24) is 15.2 Å². The number of aliphatic imine (C=N–C) groups is 5. The number of hydrogen-bond donors (Lipinski definition) is 2. The molecule has 2 N–H and O–H groups in total. The van der Waals surface area contributed by atoms with Crippen LogP contribution in [0.1, 0.15) is 49.3 Å². The zero-order valence-corrected chi connectivity index (χ0v) is 26.5. The van der Waals surface area contributed by atoms with E-state index >= 15 is 0 Å². The quantitative estimate of drug-likeness (QED) is 0.207. The number of aromatic amines is 1. The molecule has 1 atom stereocenters. The maximum absolute atomic E-state index is 5.46. The van der Waals surface area contributed by atoms with Crippen LogP contribution in [0.3, 0.4) is 0 Å². The normalized spacial score (nSPS) is 22.8. The number of allylic oxidation sites excluding steroid dienone is 5. The van der Waals surface area contributed by atoms with Crippen molar-refractivity contribution in [2.45, 2.75) is 45.7 Å². The van der Waals surface area contributed by atoms with Gasteiger partial charge in [-0.3, -0.25) is 9.98 Å². The van der Waals surface area contributed by atoms with Crippen molar-refractivity contribution in [2.75, 3.05) is 20.6 Å². The monoisotopic (exact) mass is 596 g/mol. The van der Waals surface area contributed by atoms with E-state index in [0.29, 0.717) is 12.4 Å². The van der Waals surface area contributed by atoms with Crippen molar-refractivity contribution in [3.05, 3.63) is 112 Å². The highest BCUT2D eigenvalue weighted by atomic mass is 15.3. The predicted octanol–water partition coefficient (Wildman–Crippen LogP) is 7.36. The topological polar surface area (TPSA) is 92.9 Å². The van der Waals surface area contributed by atoms with Gasteiger partial charge in [0.25, 0.3) is 0 Å². The molecule has 1 aromatic carbocycles. The van der Waals surface area contributed by atoms with Gasteiger partial charge >= 0.3 is 0 Å². The summed E-state index contributed by atoms with van der Waals surface area (Å²) in [5, 5.41) is 3.59. The summed E-state index contributed by atoms with van der Waals surface area (Å²) < 4.78 is 0. The largest absolute Gasteiger partial charge is 0.364 e. The lowest BCUT2D eigenvalue weighted by atomic mass is 9.90. The number of likely N-dealkylation sites (N-methyl/N-ethyl adjacent to an activating group) is 1. The Morgan fingerprint density at radius 3 is 2.64 bits per heavy atom. The van der Waals surface area contributed by atoms with Gasteiger partial charge in [0, 0.05) is 36.4 Å². The average Bonchev–Trinajstić information content (AvgIpc) is 3.58. The molecule has 1 aromatic heterocycles. The van der Waals surface area contributed by atoms with Crippen LogP contribution in [0, 0.1) is 6.92 Å². The molecular formula is C37H40N8. The van der Waals surface area contributed by atoms with Crippen LogP contribution in [-0.4, -0.2) is 66.6 Å².